The van der Waals surface area contributed by atoms with Crippen LogP contribution in [0.3, 0.4) is 0 Å². The van der Waals surface area contributed by atoms with Crippen molar-refractivity contribution in [1.29, 1.82) is 0 Å². The predicted molar refractivity (Wildman–Crippen MR) is 99.9 cm³/mol. The first kappa shape index (κ1) is 17.3. The van der Waals surface area contributed by atoms with E-state index in [4.69, 9.17) is 15.0 Å². The molecular formula is C18H27N5S. The second kappa shape index (κ2) is 7.57. The van der Waals surface area contributed by atoms with Gasteiger partial charge in [-0.25, -0.2) is 15.0 Å². The van der Waals surface area contributed by atoms with E-state index >= 15 is 0 Å². The molecule has 0 spiro atoms. The number of fused-ring (bicyclic) bond motifs is 1. The molecule has 0 aliphatic carbocycles. The summed E-state index contributed by atoms with van der Waals surface area (Å²) in [6, 6.07) is 0.210. The maximum Gasteiger partial charge on any atom is 0.133 e. The zero-order valence-electron chi connectivity index (χ0n) is 15.1. The third-order valence-corrected chi connectivity index (χ3v) is 5.79. The van der Waals surface area contributed by atoms with Gasteiger partial charge >= 0.3 is 0 Å². The van der Waals surface area contributed by atoms with Gasteiger partial charge in [0.15, 0.2) is 0 Å². The Balaban J connectivity index is 1.95. The van der Waals surface area contributed by atoms with Gasteiger partial charge in [-0.1, -0.05) is 13.8 Å². The van der Waals surface area contributed by atoms with Crippen LogP contribution in [0, 0.1) is 13.8 Å². The smallest absolute Gasteiger partial charge is 0.133 e. The van der Waals surface area contributed by atoms with Gasteiger partial charge < -0.3 is 10.6 Å². The van der Waals surface area contributed by atoms with Crippen LogP contribution in [-0.4, -0.2) is 28.0 Å². The fourth-order valence-electron chi connectivity index (χ4n) is 3.02. The topological polar surface area (TPSA) is 62.7 Å². The number of anilines is 1. The lowest BCUT2D eigenvalue weighted by molar-refractivity contribution is 0.707. The van der Waals surface area contributed by atoms with E-state index in [2.05, 4.69) is 38.3 Å². The molecule has 0 bridgehead atoms. The molecular weight excluding hydrogens is 318 g/mol. The highest BCUT2D eigenvalue weighted by Gasteiger charge is 2.21. The molecule has 0 amide bonds. The van der Waals surface area contributed by atoms with Crippen LogP contribution < -0.4 is 10.6 Å². The van der Waals surface area contributed by atoms with Crippen LogP contribution in [-0.2, 0) is 19.3 Å². The molecule has 2 aromatic heterocycles. The molecule has 3 heterocycles. The molecule has 1 unspecified atom stereocenters. The summed E-state index contributed by atoms with van der Waals surface area (Å²) in [6.07, 6.45) is 3.81. The molecule has 6 heteroatoms. The zero-order chi connectivity index (χ0) is 17.1. The van der Waals surface area contributed by atoms with Gasteiger partial charge in [0.05, 0.1) is 17.4 Å². The summed E-state index contributed by atoms with van der Waals surface area (Å²) in [5.41, 5.74) is 3.62. The SMILES string of the molecule is CCc1nc2c(c(NC(CC)c3nc(C)c(C)s3)n1)CCNCC2. The van der Waals surface area contributed by atoms with Gasteiger partial charge in [0.1, 0.15) is 16.6 Å². The van der Waals surface area contributed by atoms with Crippen molar-refractivity contribution in [2.24, 2.45) is 0 Å². The fourth-order valence-corrected chi connectivity index (χ4v) is 4.08. The van der Waals surface area contributed by atoms with Gasteiger partial charge in [-0.05, 0) is 33.2 Å². The molecule has 0 radical (unpaired) electrons. The first-order chi connectivity index (χ1) is 11.6. The summed E-state index contributed by atoms with van der Waals surface area (Å²) >= 11 is 1.79. The highest BCUT2D eigenvalue weighted by Crippen LogP contribution is 2.30. The van der Waals surface area contributed by atoms with Crippen LogP contribution in [0.4, 0.5) is 5.82 Å². The molecule has 1 aliphatic rings. The second-order valence-electron chi connectivity index (χ2n) is 6.32. The van der Waals surface area contributed by atoms with Crippen molar-refractivity contribution >= 4 is 17.2 Å². The minimum absolute atomic E-state index is 0.210. The predicted octanol–water partition coefficient (Wildman–Crippen LogP) is 3.36. The van der Waals surface area contributed by atoms with Crippen molar-refractivity contribution in [2.75, 3.05) is 18.4 Å². The summed E-state index contributed by atoms with van der Waals surface area (Å²) in [6.45, 7) is 10.5. The Kier molecular flexibility index (Phi) is 5.46. The van der Waals surface area contributed by atoms with Crippen LogP contribution in [0.2, 0.25) is 0 Å². The quantitative estimate of drug-likeness (QED) is 0.870. The number of rotatable bonds is 5. The minimum Gasteiger partial charge on any atom is -0.360 e. The lowest BCUT2D eigenvalue weighted by Crippen LogP contribution is -2.17. The van der Waals surface area contributed by atoms with E-state index in [-0.39, 0.29) is 6.04 Å². The molecule has 3 rings (SSSR count). The summed E-state index contributed by atoms with van der Waals surface area (Å²) < 4.78 is 0. The standard InChI is InChI=1S/C18H27N5S/c1-5-14(18-20-11(3)12(4)24-18)22-17-13-7-9-19-10-8-15(13)21-16(6-2)23-17/h14,19H,5-10H2,1-4H3,(H,21,22,23). The second-order valence-corrected chi connectivity index (χ2v) is 7.55. The molecule has 1 aliphatic heterocycles. The Hall–Kier alpha value is -1.53. The van der Waals surface area contributed by atoms with E-state index < -0.39 is 0 Å². The number of hydrogen-bond acceptors (Lipinski definition) is 6. The Bertz CT molecular complexity index is 690. The van der Waals surface area contributed by atoms with Crippen molar-refractivity contribution in [3.05, 3.63) is 32.7 Å². The molecule has 2 N–H and O–H groups in total. The summed E-state index contributed by atoms with van der Waals surface area (Å²) in [5.74, 6) is 1.94. The van der Waals surface area contributed by atoms with Crippen molar-refractivity contribution in [3.8, 4) is 0 Å². The van der Waals surface area contributed by atoms with Gasteiger partial charge in [0.25, 0.3) is 0 Å². The highest BCUT2D eigenvalue weighted by molar-refractivity contribution is 7.11. The third-order valence-electron chi connectivity index (χ3n) is 4.61. The Morgan fingerprint density at radius 1 is 1.12 bits per heavy atom. The summed E-state index contributed by atoms with van der Waals surface area (Å²) in [5, 5.41) is 8.31. The molecule has 130 valence electrons. The number of nitrogens with one attached hydrogen (secondary N) is 2. The van der Waals surface area contributed by atoms with Gasteiger partial charge in [0.2, 0.25) is 0 Å². The van der Waals surface area contributed by atoms with Gasteiger partial charge in [-0.15, -0.1) is 11.3 Å². The third kappa shape index (κ3) is 3.59. The normalized spacial score (nSPS) is 15.7. The average Bonchev–Trinajstić information content (AvgIpc) is 2.78. The molecule has 5 nitrogen and oxygen atoms in total. The zero-order valence-corrected chi connectivity index (χ0v) is 15.9. The molecule has 0 fully saturated rings. The summed E-state index contributed by atoms with van der Waals surface area (Å²) in [4.78, 5) is 15.6. The van der Waals surface area contributed by atoms with E-state index in [1.54, 1.807) is 11.3 Å². The molecule has 24 heavy (non-hydrogen) atoms. The van der Waals surface area contributed by atoms with Crippen LogP contribution in [0.5, 0.6) is 0 Å². The number of thiazole rings is 1. The van der Waals surface area contributed by atoms with Crippen LogP contribution in [0.1, 0.15) is 59.0 Å². The van der Waals surface area contributed by atoms with E-state index in [9.17, 15) is 0 Å². The van der Waals surface area contributed by atoms with Crippen molar-refractivity contribution in [3.63, 3.8) is 0 Å². The molecule has 2 aromatic rings. The van der Waals surface area contributed by atoms with E-state index in [0.29, 0.717) is 0 Å². The van der Waals surface area contributed by atoms with Gasteiger partial charge in [-0.3, -0.25) is 0 Å². The van der Waals surface area contributed by atoms with Crippen LogP contribution >= 0.6 is 11.3 Å². The molecule has 1 atom stereocenters. The first-order valence-electron chi connectivity index (χ1n) is 8.92. The van der Waals surface area contributed by atoms with Gasteiger partial charge in [-0.2, -0.15) is 0 Å². The molecule has 0 aromatic carbocycles. The van der Waals surface area contributed by atoms with Crippen LogP contribution in [0.25, 0.3) is 0 Å². The Morgan fingerprint density at radius 3 is 2.58 bits per heavy atom. The lowest BCUT2D eigenvalue weighted by atomic mass is 10.1. The maximum atomic E-state index is 4.82. The monoisotopic (exact) mass is 345 g/mol. The number of nitrogens with zero attached hydrogens (tertiary/aromatic N) is 3. The fraction of sp³-hybridized carbons (Fsp3) is 0.611. The van der Waals surface area contributed by atoms with E-state index in [0.717, 1.165) is 61.1 Å². The van der Waals surface area contributed by atoms with Crippen molar-refractivity contribution < 1.29 is 0 Å². The highest BCUT2D eigenvalue weighted by atomic mass is 32.1. The Labute approximate surface area is 148 Å². The lowest BCUT2D eigenvalue weighted by Gasteiger charge is -2.19. The van der Waals surface area contributed by atoms with E-state index in [1.165, 1.54) is 16.1 Å². The van der Waals surface area contributed by atoms with Crippen molar-refractivity contribution in [2.45, 2.75) is 59.4 Å². The van der Waals surface area contributed by atoms with Crippen LogP contribution in [0.15, 0.2) is 0 Å². The maximum absolute atomic E-state index is 4.82. The average molecular weight is 346 g/mol. The van der Waals surface area contributed by atoms with Crippen molar-refractivity contribution in [1.82, 2.24) is 20.3 Å². The molecule has 0 saturated carbocycles. The first-order valence-corrected chi connectivity index (χ1v) is 9.73. The molecule has 0 saturated heterocycles. The number of aromatic nitrogens is 3. The Morgan fingerprint density at radius 2 is 1.92 bits per heavy atom. The summed E-state index contributed by atoms with van der Waals surface area (Å²) in [7, 11) is 0. The van der Waals surface area contributed by atoms with Gasteiger partial charge in [0, 0.05) is 29.8 Å². The van der Waals surface area contributed by atoms with E-state index in [1.807, 2.05) is 0 Å². The number of hydrogen-bond donors (Lipinski definition) is 2. The largest absolute Gasteiger partial charge is 0.360 e. The minimum atomic E-state index is 0.210. The number of aryl methyl sites for hydroxylation is 3.